The molecule has 0 radical (unpaired) electrons. The number of nitrogens with one attached hydrogen (secondary N) is 1. The number of amides is 1. The van der Waals surface area contributed by atoms with Crippen LogP contribution in [0.1, 0.15) is 5.69 Å². The third-order valence-electron chi connectivity index (χ3n) is 2.03. The van der Waals surface area contributed by atoms with Crippen LogP contribution in [0.2, 0.25) is 5.02 Å². The van der Waals surface area contributed by atoms with Gasteiger partial charge in [-0.25, -0.2) is 15.2 Å². The smallest absolute Gasteiger partial charge is 0.239 e. The van der Waals surface area contributed by atoms with Gasteiger partial charge in [-0.2, -0.15) is 0 Å². The predicted molar refractivity (Wildman–Crippen MR) is 56.2 cm³/mol. The van der Waals surface area contributed by atoms with Gasteiger partial charge in [-0.1, -0.05) is 11.6 Å². The lowest BCUT2D eigenvalue weighted by Crippen LogP contribution is -2.31. The van der Waals surface area contributed by atoms with Crippen molar-refractivity contribution in [3.05, 3.63) is 35.0 Å². The van der Waals surface area contributed by atoms with E-state index in [4.69, 9.17) is 17.4 Å². The lowest BCUT2D eigenvalue weighted by Gasteiger charge is -1.94. The van der Waals surface area contributed by atoms with Gasteiger partial charge in [0.1, 0.15) is 5.82 Å². The Morgan fingerprint density at radius 1 is 1.62 bits per heavy atom. The third-order valence-corrected chi connectivity index (χ3v) is 2.30. The number of hydrogen-bond donors (Lipinski definition) is 2. The van der Waals surface area contributed by atoms with Crippen molar-refractivity contribution in [2.45, 2.75) is 6.42 Å². The summed E-state index contributed by atoms with van der Waals surface area (Å²) >= 11 is 5.80. The quantitative estimate of drug-likeness (QED) is 0.462. The molecule has 2 heterocycles. The van der Waals surface area contributed by atoms with Crippen LogP contribution < -0.4 is 11.3 Å². The highest BCUT2D eigenvalue weighted by atomic mass is 35.5. The van der Waals surface area contributed by atoms with E-state index in [1.165, 1.54) is 16.8 Å². The van der Waals surface area contributed by atoms with Gasteiger partial charge in [-0.3, -0.25) is 10.2 Å². The van der Waals surface area contributed by atoms with Crippen molar-refractivity contribution in [1.82, 2.24) is 14.8 Å². The number of carbonyl (C=O) groups is 1. The summed E-state index contributed by atoms with van der Waals surface area (Å²) in [5, 5.41) is 0.194. The van der Waals surface area contributed by atoms with Crippen LogP contribution in [0.3, 0.4) is 0 Å². The summed E-state index contributed by atoms with van der Waals surface area (Å²) in [6.45, 7) is 0. The molecule has 2 rings (SSSR count). The Kier molecular flexibility index (Phi) is 2.76. The van der Waals surface area contributed by atoms with E-state index in [-0.39, 0.29) is 17.4 Å². The number of hydrogen-bond acceptors (Lipinski definition) is 3. The molecule has 1 amide bonds. The summed E-state index contributed by atoms with van der Waals surface area (Å²) in [5.41, 5.74) is 2.86. The zero-order valence-electron chi connectivity index (χ0n) is 8.08. The highest BCUT2D eigenvalue weighted by molar-refractivity contribution is 6.33. The van der Waals surface area contributed by atoms with Crippen molar-refractivity contribution < 1.29 is 9.18 Å². The molecule has 0 atom stereocenters. The van der Waals surface area contributed by atoms with E-state index in [2.05, 4.69) is 4.98 Å². The van der Waals surface area contributed by atoms with Crippen LogP contribution in [0.4, 0.5) is 4.39 Å². The first-order valence-corrected chi connectivity index (χ1v) is 4.80. The second-order valence-corrected chi connectivity index (χ2v) is 3.62. The second kappa shape index (κ2) is 4.07. The van der Waals surface area contributed by atoms with Crippen molar-refractivity contribution in [3.63, 3.8) is 0 Å². The number of aromatic nitrogens is 2. The Hall–Kier alpha value is -1.66. The van der Waals surface area contributed by atoms with Crippen molar-refractivity contribution in [1.29, 1.82) is 0 Å². The molecule has 0 spiro atoms. The van der Waals surface area contributed by atoms with E-state index in [0.29, 0.717) is 11.3 Å². The van der Waals surface area contributed by atoms with Crippen LogP contribution in [-0.2, 0) is 11.2 Å². The van der Waals surface area contributed by atoms with Gasteiger partial charge < -0.3 is 4.40 Å². The second-order valence-electron chi connectivity index (χ2n) is 3.21. The molecule has 84 valence electrons. The molecule has 5 nitrogen and oxygen atoms in total. The fourth-order valence-electron chi connectivity index (χ4n) is 1.38. The van der Waals surface area contributed by atoms with E-state index in [0.717, 1.165) is 6.07 Å². The minimum atomic E-state index is -0.468. The first kappa shape index (κ1) is 10.8. The van der Waals surface area contributed by atoms with Crippen LogP contribution in [0.15, 0.2) is 18.5 Å². The Bertz CT molecular complexity index is 554. The number of carbonyl (C=O) groups excluding carboxylic acids is 1. The number of nitrogens with zero attached hydrogens (tertiary/aromatic N) is 2. The van der Waals surface area contributed by atoms with Crippen molar-refractivity contribution in [2.24, 2.45) is 5.84 Å². The standard InChI is InChI=1S/C9H8ClFN4O/c10-7-1-5(11)3-15-4-6(13-9(7)15)2-8(16)14-12/h1,3-4H,2,12H2,(H,14,16). The number of imidazole rings is 1. The molecule has 16 heavy (non-hydrogen) atoms. The SMILES string of the molecule is NNC(=O)Cc1cn2cc(F)cc(Cl)c2n1. The summed E-state index contributed by atoms with van der Waals surface area (Å²) < 4.78 is 14.4. The van der Waals surface area contributed by atoms with Crippen LogP contribution in [0.5, 0.6) is 0 Å². The molecule has 0 saturated heterocycles. The van der Waals surface area contributed by atoms with Gasteiger partial charge in [0.25, 0.3) is 0 Å². The maximum Gasteiger partial charge on any atom is 0.239 e. The number of halogens is 2. The van der Waals surface area contributed by atoms with Gasteiger partial charge in [0.05, 0.1) is 17.1 Å². The fourth-order valence-corrected chi connectivity index (χ4v) is 1.62. The Labute approximate surface area is 95.0 Å². The van der Waals surface area contributed by atoms with Crippen LogP contribution in [-0.4, -0.2) is 15.3 Å². The van der Waals surface area contributed by atoms with Gasteiger partial charge in [0, 0.05) is 12.4 Å². The first-order valence-electron chi connectivity index (χ1n) is 4.42. The largest absolute Gasteiger partial charge is 0.303 e. The maximum absolute atomic E-state index is 13.0. The summed E-state index contributed by atoms with van der Waals surface area (Å²) in [5.74, 6) is 4.11. The minimum Gasteiger partial charge on any atom is -0.303 e. The van der Waals surface area contributed by atoms with Crippen LogP contribution >= 0.6 is 11.6 Å². The highest BCUT2D eigenvalue weighted by Crippen LogP contribution is 2.18. The van der Waals surface area contributed by atoms with Crippen LogP contribution in [0.25, 0.3) is 5.65 Å². The number of pyridine rings is 1. The zero-order chi connectivity index (χ0) is 11.7. The molecule has 0 saturated carbocycles. The van der Waals surface area contributed by atoms with Gasteiger partial charge in [0.15, 0.2) is 5.65 Å². The molecule has 2 aromatic rings. The first-order chi connectivity index (χ1) is 7.60. The normalized spacial score (nSPS) is 10.7. The number of hydrazine groups is 1. The molecular weight excluding hydrogens is 235 g/mol. The van der Waals surface area contributed by atoms with Crippen molar-refractivity contribution >= 4 is 23.2 Å². The van der Waals surface area contributed by atoms with E-state index >= 15 is 0 Å². The van der Waals surface area contributed by atoms with Crippen LogP contribution in [0, 0.1) is 5.82 Å². The van der Waals surface area contributed by atoms with E-state index in [9.17, 15) is 9.18 Å². The molecule has 0 aliphatic carbocycles. The summed E-state index contributed by atoms with van der Waals surface area (Å²) in [6, 6.07) is 1.16. The molecule has 0 bridgehead atoms. The van der Waals surface area contributed by atoms with Gasteiger partial charge in [-0.15, -0.1) is 0 Å². The zero-order valence-corrected chi connectivity index (χ0v) is 8.83. The molecule has 0 aliphatic heterocycles. The van der Waals surface area contributed by atoms with Crippen molar-refractivity contribution in [3.8, 4) is 0 Å². The maximum atomic E-state index is 13.0. The predicted octanol–water partition coefficient (Wildman–Crippen LogP) is 0.659. The average molecular weight is 243 g/mol. The monoisotopic (exact) mass is 242 g/mol. The van der Waals surface area contributed by atoms with E-state index < -0.39 is 5.82 Å². The molecule has 2 aromatic heterocycles. The average Bonchev–Trinajstić information content (AvgIpc) is 2.60. The molecular formula is C9H8ClFN4O. The lowest BCUT2D eigenvalue weighted by molar-refractivity contribution is -0.120. The minimum absolute atomic E-state index is 0.0239. The molecule has 0 aliphatic rings. The van der Waals surface area contributed by atoms with Crippen molar-refractivity contribution in [2.75, 3.05) is 0 Å². The summed E-state index contributed by atoms with van der Waals surface area (Å²) in [7, 11) is 0. The fraction of sp³-hybridized carbons (Fsp3) is 0.111. The summed E-state index contributed by atoms with van der Waals surface area (Å²) in [6.07, 6.45) is 2.79. The van der Waals surface area contributed by atoms with Gasteiger partial charge >= 0.3 is 0 Å². The van der Waals surface area contributed by atoms with E-state index in [1.807, 2.05) is 5.43 Å². The molecule has 0 aromatic carbocycles. The molecule has 0 fully saturated rings. The lowest BCUT2D eigenvalue weighted by atomic mass is 10.3. The third kappa shape index (κ3) is 1.98. The molecule has 0 unspecified atom stereocenters. The molecule has 7 heteroatoms. The Balaban J connectivity index is 2.44. The number of fused-ring (bicyclic) bond motifs is 1. The Morgan fingerprint density at radius 3 is 3.06 bits per heavy atom. The van der Waals surface area contributed by atoms with Gasteiger partial charge in [0.2, 0.25) is 5.91 Å². The van der Waals surface area contributed by atoms with E-state index in [1.54, 1.807) is 0 Å². The van der Waals surface area contributed by atoms with Gasteiger partial charge in [-0.05, 0) is 6.07 Å². The number of nitrogens with two attached hydrogens (primary N) is 1. The summed E-state index contributed by atoms with van der Waals surface area (Å²) in [4.78, 5) is 15.1. The Morgan fingerprint density at radius 2 is 2.38 bits per heavy atom. The number of rotatable bonds is 2. The molecule has 3 N–H and O–H groups in total. The topological polar surface area (TPSA) is 72.4 Å². The highest BCUT2D eigenvalue weighted by Gasteiger charge is 2.09.